The number of nitrogens with one attached hydrogen (secondary N) is 1. The Morgan fingerprint density at radius 1 is 1.18 bits per heavy atom. The fraction of sp³-hybridized carbons (Fsp3) is 0.316. The third-order valence-electron chi connectivity index (χ3n) is 4.42. The summed E-state index contributed by atoms with van der Waals surface area (Å²) < 4.78 is 43.6. The van der Waals surface area contributed by atoms with Crippen LogP contribution in [-0.4, -0.2) is 41.3 Å². The maximum absolute atomic E-state index is 12.6. The van der Waals surface area contributed by atoms with E-state index >= 15 is 0 Å². The summed E-state index contributed by atoms with van der Waals surface area (Å²) in [4.78, 5) is 13.9. The van der Waals surface area contributed by atoms with Gasteiger partial charge in [-0.2, -0.15) is 13.2 Å². The van der Waals surface area contributed by atoms with E-state index in [1.165, 1.54) is 19.2 Å². The van der Waals surface area contributed by atoms with Crippen molar-refractivity contribution < 1.29 is 27.9 Å². The quantitative estimate of drug-likeness (QED) is 0.762. The molecule has 0 bridgehead atoms. The second kappa shape index (κ2) is 8.17. The number of amides is 1. The van der Waals surface area contributed by atoms with E-state index in [0.717, 1.165) is 28.4 Å². The SMILES string of the molecule is CN(O)NCC(=O)N1CCc2ccc(Oc3ccc(C(F)(F)F)cc3)cc2C1. The average Bonchev–Trinajstić information content (AvgIpc) is 2.65. The number of hydrogen-bond acceptors (Lipinski definition) is 5. The molecule has 1 heterocycles. The summed E-state index contributed by atoms with van der Waals surface area (Å²) in [7, 11) is 1.38. The number of hydroxylamine groups is 1. The zero-order chi connectivity index (χ0) is 20.3. The highest BCUT2D eigenvalue weighted by atomic mass is 19.4. The van der Waals surface area contributed by atoms with E-state index in [1.54, 1.807) is 17.0 Å². The van der Waals surface area contributed by atoms with Gasteiger partial charge in [-0.05, 0) is 53.9 Å². The first-order valence-electron chi connectivity index (χ1n) is 8.63. The first-order chi connectivity index (χ1) is 13.2. The van der Waals surface area contributed by atoms with Crippen LogP contribution >= 0.6 is 0 Å². The molecule has 2 N–H and O–H groups in total. The smallest absolute Gasteiger partial charge is 0.416 e. The molecular formula is C19H20F3N3O3. The minimum Gasteiger partial charge on any atom is -0.457 e. The Bertz CT molecular complexity index is 839. The number of rotatable bonds is 5. The molecule has 150 valence electrons. The fourth-order valence-corrected chi connectivity index (χ4v) is 2.95. The number of fused-ring (bicyclic) bond motifs is 1. The molecule has 0 radical (unpaired) electrons. The van der Waals surface area contributed by atoms with Crippen molar-refractivity contribution in [2.75, 3.05) is 20.1 Å². The van der Waals surface area contributed by atoms with Gasteiger partial charge >= 0.3 is 6.18 Å². The Morgan fingerprint density at radius 2 is 1.86 bits per heavy atom. The molecule has 28 heavy (non-hydrogen) atoms. The third kappa shape index (κ3) is 5.00. The van der Waals surface area contributed by atoms with E-state index in [2.05, 4.69) is 5.43 Å². The van der Waals surface area contributed by atoms with Gasteiger partial charge in [-0.1, -0.05) is 6.07 Å². The molecule has 1 aliphatic heterocycles. The summed E-state index contributed by atoms with van der Waals surface area (Å²) in [6.45, 7) is 0.945. The first-order valence-corrected chi connectivity index (χ1v) is 8.63. The molecule has 9 heteroatoms. The normalized spacial score (nSPS) is 14.1. The molecule has 2 aromatic rings. The largest absolute Gasteiger partial charge is 0.457 e. The third-order valence-corrected chi connectivity index (χ3v) is 4.42. The van der Waals surface area contributed by atoms with Crippen molar-refractivity contribution >= 4 is 5.91 Å². The Hall–Kier alpha value is -2.62. The minimum atomic E-state index is -4.39. The molecule has 0 aromatic heterocycles. The van der Waals surface area contributed by atoms with Crippen LogP contribution in [0.25, 0.3) is 0 Å². The lowest BCUT2D eigenvalue weighted by Crippen LogP contribution is -2.44. The lowest BCUT2D eigenvalue weighted by molar-refractivity contribution is -0.142. The molecule has 1 aliphatic rings. The van der Waals surface area contributed by atoms with Crippen LogP contribution in [0.3, 0.4) is 0 Å². The van der Waals surface area contributed by atoms with Crippen molar-refractivity contribution in [3.63, 3.8) is 0 Å². The highest BCUT2D eigenvalue weighted by molar-refractivity contribution is 5.78. The number of halogens is 3. The van der Waals surface area contributed by atoms with Crippen molar-refractivity contribution in [2.45, 2.75) is 19.1 Å². The van der Waals surface area contributed by atoms with Crippen molar-refractivity contribution in [3.8, 4) is 11.5 Å². The zero-order valence-corrected chi connectivity index (χ0v) is 15.2. The van der Waals surface area contributed by atoms with Crippen LogP contribution in [0.4, 0.5) is 13.2 Å². The molecule has 2 aromatic carbocycles. The van der Waals surface area contributed by atoms with E-state index < -0.39 is 11.7 Å². The van der Waals surface area contributed by atoms with Crippen LogP contribution in [0.5, 0.6) is 11.5 Å². The summed E-state index contributed by atoms with van der Waals surface area (Å²) in [5.74, 6) is 0.633. The molecule has 0 unspecified atom stereocenters. The molecule has 3 rings (SSSR count). The maximum Gasteiger partial charge on any atom is 0.416 e. The molecule has 0 spiro atoms. The predicted molar refractivity (Wildman–Crippen MR) is 94.6 cm³/mol. The average molecular weight is 395 g/mol. The number of carbonyl (C=O) groups is 1. The number of nitrogens with zero attached hydrogens (tertiary/aromatic N) is 2. The van der Waals surface area contributed by atoms with E-state index in [9.17, 15) is 18.0 Å². The molecule has 0 aliphatic carbocycles. The summed E-state index contributed by atoms with van der Waals surface area (Å²) in [5.41, 5.74) is 3.80. The lowest BCUT2D eigenvalue weighted by Gasteiger charge is -2.29. The molecule has 0 atom stereocenters. The van der Waals surface area contributed by atoms with Gasteiger partial charge < -0.3 is 9.64 Å². The number of carbonyl (C=O) groups excluding carboxylic acids is 1. The molecule has 1 amide bonds. The van der Waals surface area contributed by atoms with Crippen LogP contribution in [0.15, 0.2) is 42.5 Å². The van der Waals surface area contributed by atoms with Gasteiger partial charge in [0.15, 0.2) is 0 Å². The summed E-state index contributed by atoms with van der Waals surface area (Å²) in [5, 5.41) is 9.80. The second-order valence-electron chi connectivity index (χ2n) is 6.48. The van der Waals surface area contributed by atoms with Gasteiger partial charge in [0.1, 0.15) is 11.5 Å². The van der Waals surface area contributed by atoms with Crippen LogP contribution in [0, 0.1) is 0 Å². The summed E-state index contributed by atoms with van der Waals surface area (Å²) >= 11 is 0. The summed E-state index contributed by atoms with van der Waals surface area (Å²) in [6.07, 6.45) is -3.70. The van der Waals surface area contributed by atoms with Crippen molar-refractivity contribution in [3.05, 3.63) is 59.2 Å². The standard InChI is InChI=1S/C19H20F3N3O3/c1-24(27)23-11-18(26)25-9-8-13-2-5-17(10-14(13)12-25)28-16-6-3-15(4-7-16)19(20,21)22/h2-7,10,23,27H,8-9,11-12H2,1H3. The Morgan fingerprint density at radius 3 is 2.50 bits per heavy atom. The number of benzene rings is 2. The highest BCUT2D eigenvalue weighted by Gasteiger charge is 2.30. The molecule has 6 nitrogen and oxygen atoms in total. The van der Waals surface area contributed by atoms with Crippen LogP contribution in [-0.2, 0) is 23.9 Å². The van der Waals surface area contributed by atoms with E-state index in [0.29, 0.717) is 31.0 Å². The number of hydrazine groups is 1. The van der Waals surface area contributed by atoms with Crippen LogP contribution in [0.2, 0.25) is 0 Å². The van der Waals surface area contributed by atoms with Crippen molar-refractivity contribution in [2.24, 2.45) is 0 Å². The Kier molecular flexibility index (Phi) is 5.87. The van der Waals surface area contributed by atoms with Crippen molar-refractivity contribution in [1.29, 1.82) is 0 Å². The molecule has 0 saturated carbocycles. The van der Waals surface area contributed by atoms with Crippen molar-refractivity contribution in [1.82, 2.24) is 15.5 Å². The number of ether oxygens (including phenoxy) is 1. The minimum absolute atomic E-state index is 0.0237. The van der Waals surface area contributed by atoms with Crippen LogP contribution in [0.1, 0.15) is 16.7 Å². The monoisotopic (exact) mass is 395 g/mol. The maximum atomic E-state index is 12.6. The molecule has 0 fully saturated rings. The lowest BCUT2D eigenvalue weighted by atomic mass is 9.99. The first kappa shape index (κ1) is 20.1. The van der Waals surface area contributed by atoms with Gasteiger partial charge in [-0.3, -0.25) is 10.0 Å². The van der Waals surface area contributed by atoms with Gasteiger partial charge in [-0.25, -0.2) is 5.43 Å². The van der Waals surface area contributed by atoms with Gasteiger partial charge in [0.25, 0.3) is 0 Å². The Balaban J connectivity index is 1.68. The highest BCUT2D eigenvalue weighted by Crippen LogP contribution is 2.32. The van der Waals surface area contributed by atoms with Crippen LogP contribution < -0.4 is 10.2 Å². The zero-order valence-electron chi connectivity index (χ0n) is 15.2. The second-order valence-corrected chi connectivity index (χ2v) is 6.48. The molecule has 0 saturated heterocycles. The van der Waals surface area contributed by atoms with E-state index in [1.807, 2.05) is 6.07 Å². The fourth-order valence-electron chi connectivity index (χ4n) is 2.95. The summed E-state index contributed by atoms with van der Waals surface area (Å²) in [6, 6.07) is 9.94. The van der Waals surface area contributed by atoms with E-state index in [-0.39, 0.29) is 12.5 Å². The van der Waals surface area contributed by atoms with E-state index in [4.69, 9.17) is 9.94 Å². The molecular weight excluding hydrogens is 375 g/mol. The van der Waals surface area contributed by atoms with Gasteiger partial charge in [0.2, 0.25) is 5.91 Å². The number of hydrogen-bond donors (Lipinski definition) is 2. The van der Waals surface area contributed by atoms with Gasteiger partial charge in [0, 0.05) is 20.1 Å². The Labute approximate surface area is 160 Å². The topological polar surface area (TPSA) is 65.0 Å². The predicted octanol–water partition coefficient (Wildman–Crippen LogP) is 3.21. The number of alkyl halides is 3. The van der Waals surface area contributed by atoms with Gasteiger partial charge in [0.05, 0.1) is 12.1 Å². The van der Waals surface area contributed by atoms with Gasteiger partial charge in [-0.15, -0.1) is 5.17 Å².